The molecule has 19 heavy (non-hydrogen) atoms. The molecule has 0 radical (unpaired) electrons. The van der Waals surface area contributed by atoms with Crippen molar-refractivity contribution in [3.8, 4) is 5.75 Å². The van der Waals surface area contributed by atoms with E-state index in [0.717, 1.165) is 4.47 Å². The van der Waals surface area contributed by atoms with E-state index < -0.39 is 4.92 Å². The number of hydrogen-bond acceptors (Lipinski definition) is 4. The maximum atomic E-state index is 10.9. The minimum absolute atomic E-state index is 0.0210. The summed E-state index contributed by atoms with van der Waals surface area (Å²) in [6.45, 7) is 0.0506. The van der Waals surface area contributed by atoms with Crippen LogP contribution in [0.4, 0.5) is 5.69 Å². The molecule has 0 aliphatic carbocycles. The molecule has 0 spiro atoms. The zero-order valence-corrected chi connectivity index (χ0v) is 11.9. The van der Waals surface area contributed by atoms with Gasteiger partial charge in [0.05, 0.1) is 16.7 Å². The topological polar surface area (TPSA) is 65.3 Å². The van der Waals surface area contributed by atoms with E-state index in [4.69, 9.17) is 16.3 Å². The van der Waals surface area contributed by atoms with Crippen LogP contribution in [-0.4, -0.2) is 9.91 Å². The molecule has 1 heterocycles. The monoisotopic (exact) mass is 342 g/mol. The van der Waals surface area contributed by atoms with Gasteiger partial charge in [-0.15, -0.1) is 0 Å². The average Bonchev–Trinajstić information content (AvgIpc) is 2.36. The second-order valence-electron chi connectivity index (χ2n) is 3.66. The first-order chi connectivity index (χ1) is 9.06. The van der Waals surface area contributed by atoms with E-state index >= 15 is 0 Å². The number of nitro groups is 1. The van der Waals surface area contributed by atoms with Crippen LogP contribution < -0.4 is 4.74 Å². The summed E-state index contributed by atoms with van der Waals surface area (Å²) >= 11 is 9.10. The molecule has 1 aromatic heterocycles. The van der Waals surface area contributed by atoms with Crippen molar-refractivity contribution < 1.29 is 9.66 Å². The molecule has 7 heteroatoms. The van der Waals surface area contributed by atoms with Crippen molar-refractivity contribution in [2.45, 2.75) is 6.61 Å². The van der Waals surface area contributed by atoms with Gasteiger partial charge in [-0.1, -0.05) is 11.6 Å². The summed E-state index contributed by atoms with van der Waals surface area (Å²) in [5.41, 5.74) is 0.393. The van der Waals surface area contributed by atoms with E-state index in [1.807, 2.05) is 0 Å². The normalized spacial score (nSPS) is 10.2. The molecule has 0 saturated heterocycles. The molecule has 0 atom stereocenters. The second-order valence-corrected chi connectivity index (χ2v) is 5.01. The Morgan fingerprint density at radius 2 is 2.16 bits per heavy atom. The molecule has 0 aliphatic rings. The quantitative estimate of drug-likeness (QED) is 0.622. The standard InChI is InChI=1S/C12H8BrClN2O3/c13-9-4-11(6-15-5-9)19-7-8-3-10(14)1-2-12(8)16(17)18/h1-6H,7H2. The number of pyridine rings is 1. The number of aromatic nitrogens is 1. The number of rotatable bonds is 4. The van der Waals surface area contributed by atoms with Crippen LogP contribution >= 0.6 is 27.5 Å². The van der Waals surface area contributed by atoms with Crippen molar-refractivity contribution in [3.05, 3.63) is 61.8 Å². The summed E-state index contributed by atoms with van der Waals surface area (Å²) in [5.74, 6) is 0.517. The Hall–Kier alpha value is -1.66. The van der Waals surface area contributed by atoms with Gasteiger partial charge in [0, 0.05) is 21.8 Å². The molecule has 2 rings (SSSR count). The van der Waals surface area contributed by atoms with E-state index in [0.29, 0.717) is 16.3 Å². The van der Waals surface area contributed by atoms with Crippen molar-refractivity contribution in [1.82, 2.24) is 4.98 Å². The minimum atomic E-state index is -0.464. The van der Waals surface area contributed by atoms with Crippen LogP contribution in [-0.2, 0) is 6.61 Å². The van der Waals surface area contributed by atoms with Gasteiger partial charge in [0.15, 0.2) is 0 Å². The lowest BCUT2D eigenvalue weighted by atomic mass is 10.2. The summed E-state index contributed by atoms with van der Waals surface area (Å²) in [6, 6.07) is 6.08. The number of nitrogens with zero attached hydrogens (tertiary/aromatic N) is 2. The first-order valence-corrected chi connectivity index (χ1v) is 6.39. The first kappa shape index (κ1) is 13.8. The molecule has 5 nitrogen and oxygen atoms in total. The Morgan fingerprint density at radius 3 is 2.84 bits per heavy atom. The minimum Gasteiger partial charge on any atom is -0.487 e. The zero-order chi connectivity index (χ0) is 13.8. The summed E-state index contributed by atoms with van der Waals surface area (Å²) in [5, 5.41) is 11.3. The summed E-state index contributed by atoms with van der Waals surface area (Å²) in [7, 11) is 0. The van der Waals surface area contributed by atoms with Crippen molar-refractivity contribution in [1.29, 1.82) is 0 Å². The van der Waals surface area contributed by atoms with Crippen LogP contribution in [0.2, 0.25) is 5.02 Å². The summed E-state index contributed by atoms with van der Waals surface area (Å²) in [4.78, 5) is 14.4. The SMILES string of the molecule is O=[N+]([O-])c1ccc(Cl)cc1COc1cncc(Br)c1. The fraction of sp³-hybridized carbons (Fsp3) is 0.0833. The molecule has 0 saturated carbocycles. The van der Waals surface area contributed by atoms with Gasteiger partial charge >= 0.3 is 0 Å². The van der Waals surface area contributed by atoms with Gasteiger partial charge in [0.1, 0.15) is 12.4 Å². The van der Waals surface area contributed by atoms with Gasteiger partial charge in [0.2, 0.25) is 0 Å². The number of benzene rings is 1. The largest absolute Gasteiger partial charge is 0.487 e. The highest BCUT2D eigenvalue weighted by Gasteiger charge is 2.14. The number of ether oxygens (including phenoxy) is 1. The average molecular weight is 344 g/mol. The lowest BCUT2D eigenvalue weighted by Gasteiger charge is -2.07. The molecular formula is C12H8BrClN2O3. The van der Waals surface area contributed by atoms with Crippen LogP contribution in [0.1, 0.15) is 5.56 Å². The molecule has 98 valence electrons. The third-order valence-electron chi connectivity index (χ3n) is 2.31. The Kier molecular flexibility index (Phi) is 4.34. The first-order valence-electron chi connectivity index (χ1n) is 5.22. The van der Waals surface area contributed by atoms with Crippen molar-refractivity contribution in [2.75, 3.05) is 0 Å². The molecule has 2 aromatic rings. The van der Waals surface area contributed by atoms with Gasteiger partial charge in [-0.2, -0.15) is 0 Å². The molecule has 0 N–H and O–H groups in total. The van der Waals surface area contributed by atoms with Crippen LogP contribution in [0.3, 0.4) is 0 Å². The van der Waals surface area contributed by atoms with Gasteiger partial charge in [0.25, 0.3) is 5.69 Å². The highest BCUT2D eigenvalue weighted by atomic mass is 79.9. The molecule has 0 amide bonds. The molecule has 0 unspecified atom stereocenters. The molecule has 1 aromatic carbocycles. The Morgan fingerprint density at radius 1 is 1.37 bits per heavy atom. The van der Waals surface area contributed by atoms with E-state index in [2.05, 4.69) is 20.9 Å². The lowest BCUT2D eigenvalue weighted by Crippen LogP contribution is -2.01. The maximum absolute atomic E-state index is 10.9. The number of hydrogen-bond donors (Lipinski definition) is 0. The van der Waals surface area contributed by atoms with E-state index in [9.17, 15) is 10.1 Å². The van der Waals surface area contributed by atoms with E-state index in [-0.39, 0.29) is 12.3 Å². The third-order valence-corrected chi connectivity index (χ3v) is 2.98. The van der Waals surface area contributed by atoms with E-state index in [1.165, 1.54) is 24.4 Å². The van der Waals surface area contributed by atoms with Crippen molar-refractivity contribution in [2.24, 2.45) is 0 Å². The Labute approximate surface area is 122 Å². The fourth-order valence-corrected chi connectivity index (χ4v) is 2.02. The fourth-order valence-electron chi connectivity index (χ4n) is 1.48. The molecule has 0 aliphatic heterocycles. The molecular weight excluding hydrogens is 336 g/mol. The smallest absolute Gasteiger partial charge is 0.276 e. The lowest BCUT2D eigenvalue weighted by molar-refractivity contribution is -0.385. The van der Waals surface area contributed by atoms with Gasteiger partial charge in [-0.3, -0.25) is 15.1 Å². The van der Waals surface area contributed by atoms with Crippen LogP contribution in [0.5, 0.6) is 5.75 Å². The predicted molar refractivity (Wildman–Crippen MR) is 74.4 cm³/mol. The summed E-state index contributed by atoms with van der Waals surface area (Å²) in [6.07, 6.45) is 3.15. The number of nitro benzene ring substituents is 1. The Bertz CT molecular complexity index is 622. The second kappa shape index (κ2) is 5.99. The van der Waals surface area contributed by atoms with Gasteiger partial charge in [-0.05, 0) is 34.1 Å². The van der Waals surface area contributed by atoms with Crippen LogP contribution in [0.25, 0.3) is 0 Å². The van der Waals surface area contributed by atoms with Crippen molar-refractivity contribution in [3.63, 3.8) is 0 Å². The van der Waals surface area contributed by atoms with Gasteiger partial charge in [-0.25, -0.2) is 0 Å². The predicted octanol–water partition coefficient (Wildman–Crippen LogP) is 3.98. The van der Waals surface area contributed by atoms with Crippen LogP contribution in [0, 0.1) is 10.1 Å². The van der Waals surface area contributed by atoms with Crippen LogP contribution in [0.15, 0.2) is 41.1 Å². The van der Waals surface area contributed by atoms with E-state index in [1.54, 1.807) is 12.3 Å². The highest BCUT2D eigenvalue weighted by Crippen LogP contribution is 2.24. The highest BCUT2D eigenvalue weighted by molar-refractivity contribution is 9.10. The van der Waals surface area contributed by atoms with Gasteiger partial charge < -0.3 is 4.74 Å². The summed E-state index contributed by atoms with van der Waals surface area (Å²) < 4.78 is 6.23. The van der Waals surface area contributed by atoms with Crippen molar-refractivity contribution >= 4 is 33.2 Å². The zero-order valence-electron chi connectivity index (χ0n) is 9.55. The maximum Gasteiger partial charge on any atom is 0.276 e. The molecule has 0 bridgehead atoms. The molecule has 0 fully saturated rings. The third kappa shape index (κ3) is 3.65. The Balaban J connectivity index is 2.19. The number of halogens is 2.